The van der Waals surface area contributed by atoms with Gasteiger partial charge in [0, 0.05) is 10.6 Å². The zero-order valence-corrected chi connectivity index (χ0v) is 13.2. The van der Waals surface area contributed by atoms with Crippen LogP contribution >= 0.6 is 11.6 Å². The monoisotopic (exact) mass is 299 g/mol. The van der Waals surface area contributed by atoms with Crippen LogP contribution in [0.2, 0.25) is 5.02 Å². The standard InChI is InChI=1S/C18H18ClNO/c1-12(2)15-6-4-13(3)18(9-15)21-11-16-7-5-14(10-20)8-17(16)19/h4-9,12H,11H2,1-3H3. The zero-order valence-electron chi connectivity index (χ0n) is 12.5. The third-order valence-electron chi connectivity index (χ3n) is 3.44. The molecule has 3 heteroatoms. The van der Waals surface area contributed by atoms with Gasteiger partial charge in [0.25, 0.3) is 0 Å². The molecule has 21 heavy (non-hydrogen) atoms. The van der Waals surface area contributed by atoms with Gasteiger partial charge in [-0.05, 0) is 42.2 Å². The average molecular weight is 300 g/mol. The molecule has 2 aromatic rings. The predicted molar refractivity (Wildman–Crippen MR) is 85.8 cm³/mol. The van der Waals surface area contributed by atoms with Crippen LogP contribution in [0.1, 0.15) is 42.0 Å². The van der Waals surface area contributed by atoms with Gasteiger partial charge in [0.2, 0.25) is 0 Å². The lowest BCUT2D eigenvalue weighted by atomic mass is 10.0. The summed E-state index contributed by atoms with van der Waals surface area (Å²) in [7, 11) is 0. The lowest BCUT2D eigenvalue weighted by Crippen LogP contribution is -1.99. The maximum atomic E-state index is 8.84. The van der Waals surface area contributed by atoms with Crippen LogP contribution in [0.5, 0.6) is 5.75 Å². The zero-order chi connectivity index (χ0) is 15.4. The Bertz CT molecular complexity index is 686. The van der Waals surface area contributed by atoms with Crippen LogP contribution in [0.4, 0.5) is 0 Å². The second kappa shape index (κ2) is 6.65. The molecule has 0 unspecified atom stereocenters. The largest absolute Gasteiger partial charge is 0.489 e. The minimum Gasteiger partial charge on any atom is -0.489 e. The molecule has 0 aliphatic carbocycles. The Kier molecular flexibility index (Phi) is 4.88. The van der Waals surface area contributed by atoms with Crippen LogP contribution in [0.25, 0.3) is 0 Å². The molecule has 0 spiro atoms. The van der Waals surface area contributed by atoms with Crippen molar-refractivity contribution in [1.29, 1.82) is 5.26 Å². The van der Waals surface area contributed by atoms with Gasteiger partial charge in [0.1, 0.15) is 12.4 Å². The smallest absolute Gasteiger partial charge is 0.123 e. The molecule has 0 heterocycles. The summed E-state index contributed by atoms with van der Waals surface area (Å²) < 4.78 is 5.90. The first-order valence-electron chi connectivity index (χ1n) is 6.93. The van der Waals surface area contributed by atoms with Crippen molar-refractivity contribution in [3.8, 4) is 11.8 Å². The third kappa shape index (κ3) is 3.77. The van der Waals surface area contributed by atoms with E-state index in [1.807, 2.05) is 13.0 Å². The van der Waals surface area contributed by atoms with Gasteiger partial charge in [-0.25, -0.2) is 0 Å². The highest BCUT2D eigenvalue weighted by Gasteiger charge is 2.07. The number of halogens is 1. The molecule has 0 aromatic heterocycles. The number of aryl methyl sites for hydroxylation is 1. The van der Waals surface area contributed by atoms with E-state index < -0.39 is 0 Å². The Morgan fingerprint density at radius 1 is 1.19 bits per heavy atom. The highest BCUT2D eigenvalue weighted by Crippen LogP contribution is 2.26. The number of nitriles is 1. The maximum Gasteiger partial charge on any atom is 0.123 e. The summed E-state index contributed by atoms with van der Waals surface area (Å²) in [6, 6.07) is 13.6. The summed E-state index contributed by atoms with van der Waals surface area (Å²) in [4.78, 5) is 0. The van der Waals surface area contributed by atoms with Crippen LogP contribution in [-0.2, 0) is 6.61 Å². The van der Waals surface area contributed by atoms with E-state index >= 15 is 0 Å². The van der Waals surface area contributed by atoms with Crippen LogP contribution in [0.15, 0.2) is 36.4 Å². The minimum atomic E-state index is 0.396. The number of hydrogen-bond donors (Lipinski definition) is 0. The highest BCUT2D eigenvalue weighted by molar-refractivity contribution is 6.31. The van der Waals surface area contributed by atoms with E-state index in [1.54, 1.807) is 12.1 Å². The number of benzene rings is 2. The van der Waals surface area contributed by atoms with Crippen molar-refractivity contribution in [2.45, 2.75) is 33.3 Å². The molecule has 108 valence electrons. The van der Waals surface area contributed by atoms with Gasteiger partial charge in [0.15, 0.2) is 0 Å². The van der Waals surface area contributed by atoms with Crippen molar-refractivity contribution < 1.29 is 4.74 Å². The second-order valence-corrected chi connectivity index (χ2v) is 5.79. The van der Waals surface area contributed by atoms with Gasteiger partial charge in [-0.2, -0.15) is 5.26 Å². The van der Waals surface area contributed by atoms with E-state index in [2.05, 4.69) is 38.1 Å². The normalized spacial score (nSPS) is 10.5. The number of nitrogens with zero attached hydrogens (tertiary/aromatic N) is 1. The quantitative estimate of drug-likeness (QED) is 0.775. The molecule has 2 rings (SSSR count). The molecule has 2 aromatic carbocycles. The van der Waals surface area contributed by atoms with Crippen molar-refractivity contribution >= 4 is 11.6 Å². The van der Waals surface area contributed by atoms with Gasteiger partial charge in [-0.15, -0.1) is 0 Å². The van der Waals surface area contributed by atoms with Crippen molar-refractivity contribution in [1.82, 2.24) is 0 Å². The van der Waals surface area contributed by atoms with Crippen molar-refractivity contribution in [2.75, 3.05) is 0 Å². The molecule has 0 bridgehead atoms. The van der Waals surface area contributed by atoms with E-state index in [9.17, 15) is 0 Å². The Labute approximate surface area is 130 Å². The Morgan fingerprint density at radius 3 is 2.57 bits per heavy atom. The van der Waals surface area contributed by atoms with Gasteiger partial charge in [-0.1, -0.05) is 43.6 Å². The second-order valence-electron chi connectivity index (χ2n) is 5.39. The molecule has 2 nitrogen and oxygen atoms in total. The lowest BCUT2D eigenvalue weighted by molar-refractivity contribution is 0.304. The van der Waals surface area contributed by atoms with Crippen molar-refractivity contribution in [2.24, 2.45) is 0 Å². The molecule has 0 fully saturated rings. The summed E-state index contributed by atoms with van der Waals surface area (Å²) in [5, 5.41) is 9.40. The molecule has 0 saturated heterocycles. The van der Waals surface area contributed by atoms with Crippen LogP contribution in [-0.4, -0.2) is 0 Å². The highest BCUT2D eigenvalue weighted by atomic mass is 35.5. The number of ether oxygens (including phenoxy) is 1. The fourth-order valence-corrected chi connectivity index (χ4v) is 2.26. The molecule has 0 N–H and O–H groups in total. The van der Waals surface area contributed by atoms with E-state index in [0.717, 1.165) is 16.9 Å². The van der Waals surface area contributed by atoms with Gasteiger partial charge < -0.3 is 4.74 Å². The molecule has 0 aliphatic rings. The Balaban J connectivity index is 2.17. The summed E-state index contributed by atoms with van der Waals surface area (Å²) in [6.45, 7) is 6.74. The van der Waals surface area contributed by atoms with Crippen molar-refractivity contribution in [3.05, 3.63) is 63.7 Å². The van der Waals surface area contributed by atoms with E-state index in [1.165, 1.54) is 5.56 Å². The number of rotatable bonds is 4. The minimum absolute atomic E-state index is 0.396. The van der Waals surface area contributed by atoms with Crippen LogP contribution in [0, 0.1) is 18.3 Å². The molecule has 0 saturated carbocycles. The van der Waals surface area contributed by atoms with Crippen LogP contribution < -0.4 is 4.74 Å². The van der Waals surface area contributed by atoms with Crippen LogP contribution in [0.3, 0.4) is 0 Å². The maximum absolute atomic E-state index is 8.84. The molecular formula is C18H18ClNO. The summed E-state index contributed by atoms with van der Waals surface area (Å²) in [6.07, 6.45) is 0. The fourth-order valence-electron chi connectivity index (χ4n) is 2.02. The third-order valence-corrected chi connectivity index (χ3v) is 3.80. The van der Waals surface area contributed by atoms with E-state index in [4.69, 9.17) is 21.6 Å². The molecule has 0 aliphatic heterocycles. The van der Waals surface area contributed by atoms with E-state index in [0.29, 0.717) is 23.1 Å². The Hall–Kier alpha value is -1.98. The predicted octanol–water partition coefficient (Wildman–Crippen LogP) is 5.22. The summed E-state index contributed by atoms with van der Waals surface area (Å²) >= 11 is 6.16. The molecule has 0 atom stereocenters. The van der Waals surface area contributed by atoms with Crippen molar-refractivity contribution in [3.63, 3.8) is 0 Å². The average Bonchev–Trinajstić information content (AvgIpc) is 2.47. The summed E-state index contributed by atoms with van der Waals surface area (Å²) in [5.41, 5.74) is 3.79. The first-order chi connectivity index (χ1) is 10.0. The lowest BCUT2D eigenvalue weighted by Gasteiger charge is -2.13. The number of hydrogen-bond acceptors (Lipinski definition) is 2. The fraction of sp³-hybridized carbons (Fsp3) is 0.278. The Morgan fingerprint density at radius 2 is 1.95 bits per heavy atom. The van der Waals surface area contributed by atoms with Gasteiger partial charge >= 0.3 is 0 Å². The molecule has 0 amide bonds. The first kappa shape index (κ1) is 15.4. The molecule has 0 radical (unpaired) electrons. The first-order valence-corrected chi connectivity index (χ1v) is 7.31. The van der Waals surface area contributed by atoms with Gasteiger partial charge in [-0.3, -0.25) is 0 Å². The summed E-state index contributed by atoms with van der Waals surface area (Å²) in [5.74, 6) is 1.34. The van der Waals surface area contributed by atoms with Gasteiger partial charge in [0.05, 0.1) is 11.6 Å². The SMILES string of the molecule is Cc1ccc(C(C)C)cc1OCc1ccc(C#N)cc1Cl. The van der Waals surface area contributed by atoms with E-state index in [-0.39, 0.29) is 0 Å². The molecular weight excluding hydrogens is 282 g/mol. The topological polar surface area (TPSA) is 33.0 Å².